The maximum Gasteiger partial charge on any atom is 0.249 e. The van der Waals surface area contributed by atoms with Gasteiger partial charge >= 0.3 is 0 Å². The van der Waals surface area contributed by atoms with Crippen molar-refractivity contribution in [2.75, 3.05) is 13.7 Å². The average molecular weight is 520 g/mol. The smallest absolute Gasteiger partial charge is 0.249 e. The normalized spacial score (nSPS) is 20.0. The van der Waals surface area contributed by atoms with Crippen LogP contribution in [0.4, 0.5) is 0 Å². The van der Waals surface area contributed by atoms with Gasteiger partial charge in [0.05, 0.1) is 12.1 Å². The van der Waals surface area contributed by atoms with E-state index in [0.29, 0.717) is 24.8 Å². The molecule has 4 atom stereocenters. The van der Waals surface area contributed by atoms with Crippen molar-refractivity contribution >= 4 is 5.91 Å². The van der Waals surface area contributed by atoms with Gasteiger partial charge in [-0.1, -0.05) is 31.9 Å². The number of nitrogens with one attached hydrogen (secondary N) is 2. The molecular formula is C31H41N3O4. The molecule has 7 heteroatoms. The van der Waals surface area contributed by atoms with E-state index in [0.717, 1.165) is 48.8 Å². The van der Waals surface area contributed by atoms with Crippen molar-refractivity contribution in [3.63, 3.8) is 0 Å². The van der Waals surface area contributed by atoms with Crippen molar-refractivity contribution in [2.45, 2.75) is 89.2 Å². The van der Waals surface area contributed by atoms with Crippen LogP contribution in [0.25, 0.3) is 0 Å². The maximum atomic E-state index is 12.7. The number of ether oxygens (including phenoxy) is 2. The number of nitrogens with zero attached hydrogens (tertiary/aromatic N) is 1. The molecule has 1 aromatic heterocycles. The summed E-state index contributed by atoms with van der Waals surface area (Å²) in [5.74, 6) is 3.60. The summed E-state index contributed by atoms with van der Waals surface area (Å²) in [6.07, 6.45) is 11.4. The number of fused-ring (bicyclic) bond motifs is 1. The second-order valence-corrected chi connectivity index (χ2v) is 11.2. The largest absolute Gasteiger partial charge is 0.471 e. The average Bonchev–Trinajstić information content (AvgIpc) is 2.89. The van der Waals surface area contributed by atoms with E-state index < -0.39 is 18.2 Å². The molecule has 3 N–H and O–H groups in total. The first-order valence-corrected chi connectivity index (χ1v) is 13.7. The number of carbonyl (C=O) groups is 1. The lowest BCUT2D eigenvalue weighted by atomic mass is 9.73. The number of amides is 1. The molecule has 1 saturated carbocycles. The van der Waals surface area contributed by atoms with Gasteiger partial charge in [-0.05, 0) is 74.3 Å². The summed E-state index contributed by atoms with van der Waals surface area (Å²) >= 11 is 0. The van der Waals surface area contributed by atoms with Crippen LogP contribution in [-0.2, 0) is 22.4 Å². The third kappa shape index (κ3) is 6.74. The van der Waals surface area contributed by atoms with Gasteiger partial charge in [-0.2, -0.15) is 0 Å². The van der Waals surface area contributed by atoms with E-state index in [4.69, 9.17) is 20.9 Å². The van der Waals surface area contributed by atoms with E-state index in [1.54, 1.807) is 6.92 Å². The molecule has 1 aliphatic carbocycles. The van der Waals surface area contributed by atoms with E-state index in [1.165, 1.54) is 12.7 Å². The van der Waals surface area contributed by atoms with Gasteiger partial charge in [0.1, 0.15) is 11.7 Å². The number of rotatable bonds is 11. The minimum absolute atomic E-state index is 0.00679. The Hall–Kier alpha value is -2.92. The van der Waals surface area contributed by atoms with Gasteiger partial charge in [0.25, 0.3) is 0 Å². The fraction of sp³-hybridized carbons (Fsp3) is 0.548. The lowest BCUT2D eigenvalue weighted by Gasteiger charge is -2.47. The van der Waals surface area contributed by atoms with Crippen LogP contribution in [0.2, 0.25) is 0 Å². The fourth-order valence-electron chi connectivity index (χ4n) is 5.36. The lowest BCUT2D eigenvalue weighted by molar-refractivity contribution is -0.131. The first kappa shape index (κ1) is 28.1. The zero-order chi connectivity index (χ0) is 27.3. The Balaban J connectivity index is 1.52. The van der Waals surface area contributed by atoms with Crippen molar-refractivity contribution in [3.8, 4) is 18.2 Å². The Labute approximate surface area is 226 Å². The molecule has 0 unspecified atom stereocenters. The summed E-state index contributed by atoms with van der Waals surface area (Å²) in [4.78, 5) is 17.4. The highest BCUT2D eigenvalue weighted by Crippen LogP contribution is 2.48. The van der Waals surface area contributed by atoms with Crippen molar-refractivity contribution in [3.05, 3.63) is 58.8 Å². The molecule has 0 radical (unpaired) electrons. The van der Waals surface area contributed by atoms with E-state index in [-0.39, 0.29) is 17.6 Å². The SMILES string of the molecule is C#Cc1cccc(C[C@H](NC(=O)[C@@H](C)OC)[C@H](O)CN[C@H]2CC3(CCC3)Oc3ncc(CC(C)C)cc32)c1. The number of aromatic nitrogens is 1. The van der Waals surface area contributed by atoms with Crippen LogP contribution in [0, 0.1) is 18.3 Å². The van der Waals surface area contributed by atoms with Gasteiger partial charge in [-0.15, -0.1) is 6.42 Å². The van der Waals surface area contributed by atoms with Crippen LogP contribution in [0.1, 0.15) is 74.8 Å². The standard InChI is InChI=1S/C31H41N3O4/c1-6-22-9-7-10-23(14-22)16-26(34-29(36)21(4)37-5)28(35)19-32-27-17-31(11-8-12-31)38-30-25(27)15-24(18-33-30)13-20(2)3/h1,7,9-10,14-15,18,20-21,26-28,32,35H,8,11-13,16-17,19H2,2-5H3,(H,34,36)/t21-,26+,27+,28-/m1/s1. The molecule has 1 aromatic carbocycles. The highest BCUT2D eigenvalue weighted by atomic mass is 16.5. The molecule has 0 saturated heterocycles. The minimum atomic E-state index is -0.840. The van der Waals surface area contributed by atoms with Crippen molar-refractivity contribution in [1.82, 2.24) is 15.6 Å². The predicted molar refractivity (Wildman–Crippen MR) is 148 cm³/mol. The van der Waals surface area contributed by atoms with Crippen LogP contribution in [0.15, 0.2) is 36.5 Å². The number of aliphatic hydroxyl groups is 1. The van der Waals surface area contributed by atoms with Gasteiger partial charge < -0.3 is 25.2 Å². The molecule has 7 nitrogen and oxygen atoms in total. The van der Waals surface area contributed by atoms with Gasteiger partial charge in [-0.25, -0.2) is 4.98 Å². The molecule has 1 spiro atoms. The van der Waals surface area contributed by atoms with Gasteiger partial charge in [0.2, 0.25) is 11.8 Å². The van der Waals surface area contributed by atoms with Crippen molar-refractivity contribution < 1.29 is 19.4 Å². The Morgan fingerprint density at radius 2 is 2.05 bits per heavy atom. The fourth-order valence-corrected chi connectivity index (χ4v) is 5.36. The van der Waals surface area contributed by atoms with E-state index in [1.807, 2.05) is 30.5 Å². The molecule has 2 heterocycles. The summed E-state index contributed by atoms with van der Waals surface area (Å²) in [5, 5.41) is 17.9. The molecule has 38 heavy (non-hydrogen) atoms. The number of benzene rings is 1. The number of methoxy groups -OCH3 is 1. The highest BCUT2D eigenvalue weighted by molar-refractivity contribution is 5.80. The molecule has 1 fully saturated rings. The van der Waals surface area contributed by atoms with E-state index in [9.17, 15) is 9.90 Å². The molecule has 4 rings (SSSR count). The Morgan fingerprint density at radius 3 is 2.71 bits per heavy atom. The third-order valence-electron chi connectivity index (χ3n) is 7.75. The van der Waals surface area contributed by atoms with Crippen molar-refractivity contribution in [2.24, 2.45) is 5.92 Å². The Morgan fingerprint density at radius 1 is 1.26 bits per heavy atom. The number of pyridine rings is 1. The number of terminal acetylenes is 1. The second kappa shape index (κ2) is 12.3. The molecule has 2 aliphatic rings. The first-order valence-electron chi connectivity index (χ1n) is 13.7. The van der Waals surface area contributed by atoms with Gasteiger partial charge in [0, 0.05) is 43.4 Å². The number of hydrogen-bond donors (Lipinski definition) is 3. The molecule has 0 bridgehead atoms. The highest BCUT2D eigenvalue weighted by Gasteiger charge is 2.46. The molecule has 2 aromatic rings. The summed E-state index contributed by atoms with van der Waals surface area (Å²) < 4.78 is 11.6. The topological polar surface area (TPSA) is 92.7 Å². The van der Waals surface area contributed by atoms with Crippen LogP contribution in [0.5, 0.6) is 5.88 Å². The molecule has 1 aliphatic heterocycles. The molecular weight excluding hydrogens is 478 g/mol. The number of hydrogen-bond acceptors (Lipinski definition) is 6. The van der Waals surface area contributed by atoms with Gasteiger partial charge in [-0.3, -0.25) is 4.79 Å². The number of carbonyl (C=O) groups excluding carboxylic acids is 1. The van der Waals surface area contributed by atoms with Crippen molar-refractivity contribution in [1.29, 1.82) is 0 Å². The monoisotopic (exact) mass is 519 g/mol. The third-order valence-corrected chi connectivity index (χ3v) is 7.75. The predicted octanol–water partition coefficient (Wildman–Crippen LogP) is 3.72. The van der Waals surface area contributed by atoms with E-state index >= 15 is 0 Å². The van der Waals surface area contributed by atoms with E-state index in [2.05, 4.69) is 36.5 Å². The Bertz CT molecular complexity index is 1150. The zero-order valence-electron chi connectivity index (χ0n) is 23.0. The van der Waals surface area contributed by atoms with Crippen LogP contribution < -0.4 is 15.4 Å². The van der Waals surface area contributed by atoms with Crippen LogP contribution >= 0.6 is 0 Å². The maximum absolute atomic E-state index is 12.7. The van der Waals surface area contributed by atoms with Crippen LogP contribution in [0.3, 0.4) is 0 Å². The molecule has 204 valence electrons. The van der Waals surface area contributed by atoms with Gasteiger partial charge in [0.15, 0.2) is 0 Å². The van der Waals surface area contributed by atoms with Crippen LogP contribution in [-0.4, -0.2) is 53.5 Å². The lowest BCUT2D eigenvalue weighted by Crippen LogP contribution is -2.53. The summed E-state index contributed by atoms with van der Waals surface area (Å²) in [7, 11) is 1.49. The molecule has 1 amide bonds. The summed E-state index contributed by atoms with van der Waals surface area (Å²) in [5.41, 5.74) is 3.76. The Kier molecular flexibility index (Phi) is 9.09. The zero-order valence-corrected chi connectivity index (χ0v) is 23.0. The second-order valence-electron chi connectivity index (χ2n) is 11.2. The summed E-state index contributed by atoms with van der Waals surface area (Å²) in [6.45, 7) is 6.39. The minimum Gasteiger partial charge on any atom is -0.471 e. The number of aliphatic hydroxyl groups excluding tert-OH is 1. The first-order chi connectivity index (χ1) is 18.2. The summed E-state index contributed by atoms with van der Waals surface area (Å²) in [6, 6.07) is 9.30. The quantitative estimate of drug-likeness (QED) is 0.392.